The Hall–Kier alpha value is -6.10. The van der Waals surface area contributed by atoms with Crippen molar-refractivity contribution in [2.45, 2.75) is 325 Å². The lowest BCUT2D eigenvalue weighted by atomic mass is 9.83. The van der Waals surface area contributed by atoms with Gasteiger partial charge in [-0.15, -0.1) is 0 Å². The molecule has 2 aliphatic rings. The van der Waals surface area contributed by atoms with Crippen LogP contribution < -0.4 is 77.9 Å². The fourth-order valence-corrected chi connectivity index (χ4v) is 10.2. The quantitative estimate of drug-likeness (QED) is 0.0149. The van der Waals surface area contributed by atoms with E-state index in [0.717, 1.165) is 105 Å². The molecule has 2 aliphatic heterocycles. The van der Waals surface area contributed by atoms with E-state index in [1.165, 1.54) is 63.9 Å². The molecule has 0 saturated carbocycles. The van der Waals surface area contributed by atoms with Crippen LogP contribution in [0.15, 0.2) is 0 Å². The van der Waals surface area contributed by atoms with E-state index in [9.17, 15) is 47.9 Å². The second-order valence-electron chi connectivity index (χ2n) is 31.2. The number of aliphatic carboxylic acids is 9. The maximum absolute atomic E-state index is 12.7. The van der Waals surface area contributed by atoms with Gasteiger partial charge < -0.3 is 129 Å². The molecule has 36 heteroatoms. The average Bonchev–Trinajstić information content (AvgIpc) is 0.768. The van der Waals surface area contributed by atoms with Gasteiger partial charge in [-0.3, -0.25) is 43.2 Å². The molecule has 0 aromatic heterocycles. The number of thiol groups is 2. The van der Waals surface area contributed by atoms with Crippen LogP contribution >= 0.6 is 25.3 Å². The van der Waals surface area contributed by atoms with Gasteiger partial charge in [0.2, 0.25) is 0 Å². The Labute approximate surface area is 689 Å². The lowest BCUT2D eigenvalue weighted by molar-refractivity contribution is -0.141. The van der Waals surface area contributed by atoms with Crippen molar-refractivity contribution >= 4 is 85.0 Å². The topological polar surface area (TPSA) is 690 Å². The highest BCUT2D eigenvalue weighted by molar-refractivity contribution is 7.80. The minimum Gasteiger partial charge on any atom is -0.487 e. The van der Waals surface area contributed by atoms with E-state index in [1.807, 2.05) is 20.8 Å². The normalized spacial score (nSPS) is 16.9. The molecule has 0 amide bonds. The molecule has 14 atom stereocenters. The Kier molecular flexibility index (Phi) is 74.3. The number of esters is 1. The summed E-state index contributed by atoms with van der Waals surface area (Å²) < 4.78 is 12.6. The van der Waals surface area contributed by atoms with Gasteiger partial charge in [-0.2, -0.15) is 25.3 Å². The van der Waals surface area contributed by atoms with Crippen LogP contribution in [0.4, 0.5) is 0 Å². The predicted octanol–water partition coefficient (Wildman–Crippen LogP) is 6.28. The summed E-state index contributed by atoms with van der Waals surface area (Å²) in [5, 5.41) is 85.2. The van der Waals surface area contributed by atoms with Crippen molar-refractivity contribution in [2.24, 2.45) is 104 Å². The van der Waals surface area contributed by atoms with Crippen LogP contribution in [-0.4, -0.2) is 214 Å². The van der Waals surface area contributed by atoms with Crippen LogP contribution in [0.25, 0.3) is 0 Å². The second kappa shape index (κ2) is 70.0. The number of benzene rings is 1. The number of carbonyl (C=O) groups excluding carboxylic acids is 1. The molecule has 0 spiro atoms. The number of carboxylic acids is 9. The van der Waals surface area contributed by atoms with Crippen molar-refractivity contribution in [3.8, 4) is 11.5 Å². The van der Waals surface area contributed by atoms with E-state index in [2.05, 4.69) is 92.9 Å². The molecule has 1 fully saturated rings. The van der Waals surface area contributed by atoms with Crippen LogP contribution in [0, 0.1) is 62.2 Å². The molecule has 0 aliphatic carbocycles. The Morgan fingerprint density at radius 3 is 1.09 bits per heavy atom. The molecule has 0 radical (unpaired) electrons. The first-order valence-corrected chi connectivity index (χ1v) is 40.7. The first-order chi connectivity index (χ1) is 52.5. The van der Waals surface area contributed by atoms with Crippen molar-refractivity contribution in [3.63, 3.8) is 0 Å². The molecular formula is C78H156N12O22S2. The van der Waals surface area contributed by atoms with Crippen LogP contribution in [0.5, 0.6) is 11.5 Å². The van der Waals surface area contributed by atoms with Gasteiger partial charge in [-0.25, -0.2) is 4.79 Å². The van der Waals surface area contributed by atoms with Crippen molar-refractivity contribution < 1.29 is 108 Å². The van der Waals surface area contributed by atoms with E-state index >= 15 is 0 Å². The Morgan fingerprint density at radius 2 is 0.833 bits per heavy atom. The van der Waals surface area contributed by atoms with Crippen molar-refractivity contribution in [1.29, 1.82) is 0 Å². The fraction of sp³-hybridized carbons (Fsp3) is 0.795. The molecule has 34 nitrogen and oxygen atoms in total. The molecule has 1 aromatic rings. The summed E-state index contributed by atoms with van der Waals surface area (Å²) in [6, 6.07) is -7.20. The number of carboxylic acid groups (broad SMARTS) is 9. The third-order valence-electron chi connectivity index (χ3n) is 17.9. The molecule has 3 unspecified atom stereocenters. The zero-order valence-electron chi connectivity index (χ0n) is 71.4. The summed E-state index contributed by atoms with van der Waals surface area (Å²) in [5.41, 5.74) is 61.4. The fourth-order valence-electron chi connectivity index (χ4n) is 9.89. The largest absolute Gasteiger partial charge is 0.487 e. The highest BCUT2D eigenvalue weighted by atomic mass is 32.1. The SMILES string of the molecule is CC(C)C[C@H](N)C(=O)O.CC(C)[C@H](N)C(=O)O.CC(C)[C@H](N)C(=O)O.C[C@@H](O)[C@H](N)C(=O)O.Cc1c(C)c2c(c(C)c1OC(=O)[C@@H](N)CC(C)C)CCC(C)(CCCC(C)CCCC(C)CCCC(C)C)O2.NCCCC[C@H](N)C(=O)O.NCCCC[C@H](N)C(=O)O.N[C@@H](CS)C(=O)O.N[C@@H](CS)C(=O)O.O=C(O)[C@@H]1CCCN1. The number of fused-ring (bicyclic) bond motifs is 1. The highest BCUT2D eigenvalue weighted by Crippen LogP contribution is 2.45. The van der Waals surface area contributed by atoms with Gasteiger partial charge in [0, 0.05) is 17.1 Å². The van der Waals surface area contributed by atoms with Gasteiger partial charge in [0.05, 0.1) is 6.10 Å². The number of nitrogens with one attached hydrogen (secondary N) is 1. The maximum Gasteiger partial charge on any atom is 0.328 e. The number of carbonyl (C=O) groups is 10. The number of nitrogens with two attached hydrogens (primary N) is 11. The lowest BCUT2D eigenvalue weighted by Gasteiger charge is -2.38. The zero-order valence-corrected chi connectivity index (χ0v) is 73.2. The maximum atomic E-state index is 12.7. The first-order valence-electron chi connectivity index (χ1n) is 39.4. The zero-order chi connectivity index (χ0) is 90.6. The van der Waals surface area contributed by atoms with Gasteiger partial charge in [-0.1, -0.05) is 141 Å². The summed E-state index contributed by atoms with van der Waals surface area (Å²) in [7, 11) is 0. The molecular weight excluding hydrogens is 1520 g/mol. The minimum absolute atomic E-state index is 0.0208. The van der Waals surface area contributed by atoms with E-state index < -0.39 is 114 Å². The Balaban J connectivity index is -0.000000250. The van der Waals surface area contributed by atoms with Crippen LogP contribution in [-0.2, 0) is 54.4 Å². The monoisotopic (exact) mass is 1680 g/mol. The molecule has 1 saturated heterocycles. The Bertz CT molecular complexity index is 2690. The van der Waals surface area contributed by atoms with E-state index in [4.69, 9.17) is 124 Å². The summed E-state index contributed by atoms with van der Waals surface area (Å²) in [6.07, 6.45) is 20.0. The van der Waals surface area contributed by atoms with Gasteiger partial charge in [0.25, 0.3) is 0 Å². The van der Waals surface area contributed by atoms with Gasteiger partial charge in [-0.05, 0) is 189 Å². The van der Waals surface area contributed by atoms with Crippen LogP contribution in [0.1, 0.15) is 248 Å². The van der Waals surface area contributed by atoms with Crippen molar-refractivity contribution in [2.75, 3.05) is 31.1 Å². The van der Waals surface area contributed by atoms with E-state index in [-0.39, 0.29) is 41.0 Å². The lowest BCUT2D eigenvalue weighted by Crippen LogP contribution is -2.39. The second-order valence-corrected chi connectivity index (χ2v) is 31.9. The number of aliphatic hydroxyl groups excluding tert-OH is 1. The van der Waals surface area contributed by atoms with Gasteiger partial charge in [0.1, 0.15) is 77.5 Å². The Morgan fingerprint density at radius 1 is 0.465 bits per heavy atom. The standard InChI is InChI=1S/C35H61NO3.2C6H14N2O2.C6H13NO2.C5H9NO2.2C5H11NO2.C4H9NO3.2C3H7NO2S/c1-23(2)14-11-15-25(5)16-12-17-26(6)18-13-20-35(10)21-19-30-29(9)32(27(7)28(8)33(30)39-35)38-34(37)31(36)22-24(3)4;2*7-4-2-1-3-5(8)6(9)10;1-4(2)3-5(7)6(8)9;7-5(8)4-2-1-3-6-4;2*1-3(2)4(6)5(7)8;1-2(6)3(5)4(7)8;2*4-2(1-7)3(5)6/h23-26,31H,11-22,36H2,1-10H3;2*5H,1-4,7-8H2,(H,9,10);4-5H,3,7H2,1-2H3,(H,8,9);4,6H,1-3H2,(H,7,8);2*3-4H,6H2,1-2H3,(H,7,8);2-3,6H,5H2,1H3,(H,7,8);2*2,7H,1,4H2,(H,5,6)/t25?,26?,31-,35?;3*5-;3*4-;2-,3+;2*2-/m0000000100/s1. The number of hydrogen-bond acceptors (Lipinski definition) is 27. The summed E-state index contributed by atoms with van der Waals surface area (Å²) in [4.78, 5) is 103. The minimum atomic E-state index is -1.18. The molecule has 33 N–H and O–H groups in total. The third kappa shape index (κ3) is 66.0. The van der Waals surface area contributed by atoms with Gasteiger partial charge >= 0.3 is 59.7 Å². The molecule has 0 bridgehead atoms. The average molecular weight is 1680 g/mol. The molecule has 2 heterocycles. The molecule has 672 valence electrons. The van der Waals surface area contributed by atoms with Crippen LogP contribution in [0.2, 0.25) is 0 Å². The smallest absolute Gasteiger partial charge is 0.328 e. The summed E-state index contributed by atoms with van der Waals surface area (Å²) in [6.45, 7) is 36.5. The van der Waals surface area contributed by atoms with Crippen molar-refractivity contribution in [1.82, 2.24) is 5.32 Å². The molecule has 3 rings (SSSR count). The highest BCUT2D eigenvalue weighted by Gasteiger charge is 2.35. The number of hydrogen-bond donors (Lipinski definition) is 24. The van der Waals surface area contributed by atoms with E-state index in [0.29, 0.717) is 56.4 Å². The third-order valence-corrected chi connectivity index (χ3v) is 18.7. The summed E-state index contributed by atoms with van der Waals surface area (Å²) in [5.74, 6) is -3.62. The van der Waals surface area contributed by atoms with E-state index in [1.54, 1.807) is 27.7 Å². The summed E-state index contributed by atoms with van der Waals surface area (Å²) >= 11 is 7.30. The van der Waals surface area contributed by atoms with Crippen LogP contribution in [0.3, 0.4) is 0 Å². The number of unbranched alkanes of at least 4 members (excludes halogenated alkanes) is 2. The number of ether oxygens (including phenoxy) is 2. The van der Waals surface area contributed by atoms with Gasteiger partial charge in [0.15, 0.2) is 0 Å². The number of rotatable bonds is 40. The molecule has 114 heavy (non-hydrogen) atoms. The first kappa shape index (κ1) is 121. The predicted molar refractivity (Wildman–Crippen MR) is 454 cm³/mol. The van der Waals surface area contributed by atoms with Crippen molar-refractivity contribution in [3.05, 3.63) is 22.3 Å². The molecule has 1 aromatic carbocycles. The number of aliphatic hydroxyl groups is 1.